The van der Waals surface area contributed by atoms with Crippen molar-refractivity contribution < 1.29 is 14.6 Å². The van der Waals surface area contributed by atoms with Crippen molar-refractivity contribution in [1.82, 2.24) is 0 Å². The molecular weight excluding hydrogens is 216 g/mol. The molecule has 1 fully saturated rings. The third-order valence-corrected chi connectivity index (χ3v) is 3.62. The van der Waals surface area contributed by atoms with E-state index in [1.54, 1.807) is 7.11 Å². The molecule has 0 bridgehead atoms. The topological polar surface area (TPSA) is 38.7 Å². The first-order valence-electron chi connectivity index (χ1n) is 6.12. The Morgan fingerprint density at radius 3 is 2.65 bits per heavy atom. The summed E-state index contributed by atoms with van der Waals surface area (Å²) in [5.41, 5.74) is 2.50. The van der Waals surface area contributed by atoms with Crippen LogP contribution in [0.15, 0.2) is 18.2 Å². The Kier molecular flexibility index (Phi) is 3.69. The van der Waals surface area contributed by atoms with E-state index in [-0.39, 0.29) is 12.0 Å². The molecule has 1 N–H and O–H groups in total. The summed E-state index contributed by atoms with van der Waals surface area (Å²) in [6, 6.07) is 6.30. The zero-order valence-corrected chi connectivity index (χ0v) is 10.5. The number of rotatable bonds is 5. The lowest BCUT2D eigenvalue weighted by molar-refractivity contribution is -0.0701. The Bertz CT molecular complexity index is 383. The van der Waals surface area contributed by atoms with Crippen LogP contribution in [0.2, 0.25) is 0 Å². The molecule has 1 aromatic carbocycles. The number of ether oxygens (including phenoxy) is 2. The molecule has 17 heavy (non-hydrogen) atoms. The zero-order chi connectivity index (χ0) is 12.3. The minimum atomic E-state index is 0.0188. The maximum absolute atomic E-state index is 9.18. The standard InChI is InChI=1S/C14H20O3/c1-3-11-8-12(4-5-13(11)16-2)14(6-7-15)9-17-10-14/h4-5,8,15H,3,6-7,9-10H2,1-2H3. The van der Waals surface area contributed by atoms with E-state index in [4.69, 9.17) is 9.47 Å². The first-order valence-corrected chi connectivity index (χ1v) is 6.12. The van der Waals surface area contributed by atoms with Gasteiger partial charge in [-0.1, -0.05) is 19.1 Å². The summed E-state index contributed by atoms with van der Waals surface area (Å²) in [5.74, 6) is 0.940. The Balaban J connectivity index is 2.32. The van der Waals surface area contributed by atoms with Crippen LogP contribution in [-0.4, -0.2) is 32.0 Å². The fourth-order valence-electron chi connectivity index (χ4n) is 2.40. The summed E-state index contributed by atoms with van der Waals surface area (Å²) in [4.78, 5) is 0. The number of hydrogen-bond donors (Lipinski definition) is 1. The van der Waals surface area contributed by atoms with E-state index in [0.29, 0.717) is 13.2 Å². The van der Waals surface area contributed by atoms with Crippen molar-refractivity contribution in [3.8, 4) is 5.75 Å². The van der Waals surface area contributed by atoms with Crippen LogP contribution in [0.4, 0.5) is 0 Å². The average Bonchev–Trinajstić information content (AvgIpc) is 2.33. The Labute approximate surface area is 102 Å². The maximum atomic E-state index is 9.18. The molecule has 2 rings (SSSR count). The summed E-state index contributed by atoms with van der Waals surface area (Å²) in [5, 5.41) is 9.18. The molecule has 1 aromatic rings. The van der Waals surface area contributed by atoms with Crippen molar-refractivity contribution in [2.75, 3.05) is 26.9 Å². The number of aliphatic hydroxyl groups is 1. The van der Waals surface area contributed by atoms with Gasteiger partial charge in [-0.15, -0.1) is 0 Å². The molecule has 1 saturated heterocycles. The third-order valence-electron chi connectivity index (χ3n) is 3.62. The molecule has 0 saturated carbocycles. The van der Waals surface area contributed by atoms with Gasteiger partial charge >= 0.3 is 0 Å². The molecule has 0 atom stereocenters. The molecule has 3 nitrogen and oxygen atoms in total. The molecule has 1 aliphatic heterocycles. The summed E-state index contributed by atoms with van der Waals surface area (Å²) in [6.45, 7) is 3.75. The van der Waals surface area contributed by atoms with Crippen molar-refractivity contribution in [3.05, 3.63) is 29.3 Å². The lowest BCUT2D eigenvalue weighted by Crippen LogP contribution is -2.47. The van der Waals surface area contributed by atoms with Crippen LogP contribution in [0, 0.1) is 0 Å². The SMILES string of the molecule is CCc1cc(C2(CCO)COC2)ccc1OC. The Morgan fingerprint density at radius 1 is 1.41 bits per heavy atom. The Hall–Kier alpha value is -1.06. The average molecular weight is 236 g/mol. The molecule has 1 aliphatic rings. The smallest absolute Gasteiger partial charge is 0.122 e. The van der Waals surface area contributed by atoms with E-state index in [2.05, 4.69) is 19.1 Å². The fraction of sp³-hybridized carbons (Fsp3) is 0.571. The molecule has 3 heteroatoms. The van der Waals surface area contributed by atoms with Gasteiger partial charge < -0.3 is 14.6 Å². The van der Waals surface area contributed by atoms with Crippen LogP contribution in [0.25, 0.3) is 0 Å². The summed E-state index contributed by atoms with van der Waals surface area (Å²) < 4.78 is 10.7. The summed E-state index contributed by atoms with van der Waals surface area (Å²) in [6.07, 6.45) is 1.72. The fourth-order valence-corrected chi connectivity index (χ4v) is 2.40. The van der Waals surface area contributed by atoms with Crippen LogP contribution < -0.4 is 4.74 Å². The van der Waals surface area contributed by atoms with E-state index >= 15 is 0 Å². The lowest BCUT2D eigenvalue weighted by Gasteiger charge is -2.42. The van der Waals surface area contributed by atoms with E-state index in [0.717, 1.165) is 18.6 Å². The van der Waals surface area contributed by atoms with E-state index < -0.39 is 0 Å². The molecule has 0 aromatic heterocycles. The summed E-state index contributed by atoms with van der Waals surface area (Å²) >= 11 is 0. The van der Waals surface area contributed by atoms with E-state index in [1.165, 1.54) is 11.1 Å². The van der Waals surface area contributed by atoms with Gasteiger partial charge in [-0.2, -0.15) is 0 Å². The highest BCUT2D eigenvalue weighted by Gasteiger charge is 2.39. The number of hydrogen-bond acceptors (Lipinski definition) is 3. The molecule has 0 aliphatic carbocycles. The third kappa shape index (κ3) is 2.17. The Morgan fingerprint density at radius 2 is 2.18 bits per heavy atom. The molecule has 0 radical (unpaired) electrons. The largest absolute Gasteiger partial charge is 0.496 e. The second-order valence-electron chi connectivity index (χ2n) is 4.63. The second-order valence-corrected chi connectivity index (χ2v) is 4.63. The van der Waals surface area contributed by atoms with Crippen molar-refractivity contribution >= 4 is 0 Å². The van der Waals surface area contributed by atoms with Crippen LogP contribution in [-0.2, 0) is 16.6 Å². The highest BCUT2D eigenvalue weighted by molar-refractivity contribution is 5.41. The van der Waals surface area contributed by atoms with Gasteiger partial charge in [-0.05, 0) is 30.0 Å². The molecule has 0 amide bonds. The van der Waals surface area contributed by atoms with Gasteiger partial charge in [0.15, 0.2) is 0 Å². The quantitative estimate of drug-likeness (QED) is 0.848. The van der Waals surface area contributed by atoms with Gasteiger partial charge in [-0.3, -0.25) is 0 Å². The van der Waals surface area contributed by atoms with Gasteiger partial charge in [0.05, 0.1) is 20.3 Å². The predicted molar refractivity (Wildman–Crippen MR) is 66.6 cm³/mol. The maximum Gasteiger partial charge on any atom is 0.122 e. The molecule has 0 spiro atoms. The number of benzene rings is 1. The summed E-state index contributed by atoms with van der Waals surface area (Å²) in [7, 11) is 1.70. The number of methoxy groups -OCH3 is 1. The normalized spacial score (nSPS) is 17.6. The molecule has 1 heterocycles. The van der Waals surface area contributed by atoms with Crippen LogP contribution in [0.5, 0.6) is 5.75 Å². The van der Waals surface area contributed by atoms with Crippen molar-refractivity contribution in [1.29, 1.82) is 0 Å². The van der Waals surface area contributed by atoms with Crippen LogP contribution in [0.3, 0.4) is 0 Å². The molecule has 94 valence electrons. The number of aryl methyl sites for hydroxylation is 1. The van der Waals surface area contributed by atoms with Gasteiger partial charge in [0.2, 0.25) is 0 Å². The van der Waals surface area contributed by atoms with Crippen LogP contribution >= 0.6 is 0 Å². The highest BCUT2D eigenvalue weighted by Crippen LogP contribution is 2.37. The first kappa shape index (κ1) is 12.4. The van der Waals surface area contributed by atoms with Gasteiger partial charge in [0.1, 0.15) is 5.75 Å². The van der Waals surface area contributed by atoms with Crippen LogP contribution in [0.1, 0.15) is 24.5 Å². The van der Waals surface area contributed by atoms with Gasteiger partial charge in [-0.25, -0.2) is 0 Å². The monoisotopic (exact) mass is 236 g/mol. The highest BCUT2D eigenvalue weighted by atomic mass is 16.5. The zero-order valence-electron chi connectivity index (χ0n) is 10.5. The van der Waals surface area contributed by atoms with Crippen molar-refractivity contribution in [2.45, 2.75) is 25.2 Å². The molecular formula is C14H20O3. The first-order chi connectivity index (χ1) is 8.25. The van der Waals surface area contributed by atoms with Gasteiger partial charge in [0, 0.05) is 12.0 Å². The number of aliphatic hydroxyl groups excluding tert-OH is 1. The van der Waals surface area contributed by atoms with E-state index in [9.17, 15) is 5.11 Å². The van der Waals surface area contributed by atoms with Gasteiger partial charge in [0.25, 0.3) is 0 Å². The minimum absolute atomic E-state index is 0.0188. The molecule has 0 unspecified atom stereocenters. The minimum Gasteiger partial charge on any atom is -0.496 e. The predicted octanol–water partition coefficient (Wildman–Crippen LogP) is 1.91. The van der Waals surface area contributed by atoms with Crippen molar-refractivity contribution in [3.63, 3.8) is 0 Å². The van der Waals surface area contributed by atoms with E-state index in [1.807, 2.05) is 6.07 Å². The second kappa shape index (κ2) is 5.07. The van der Waals surface area contributed by atoms with Crippen molar-refractivity contribution in [2.24, 2.45) is 0 Å². The lowest BCUT2D eigenvalue weighted by atomic mass is 9.75.